The molecule has 2 heterocycles. The van der Waals surface area contributed by atoms with Gasteiger partial charge in [0, 0.05) is 23.3 Å². The van der Waals surface area contributed by atoms with E-state index in [4.69, 9.17) is 0 Å². The molecule has 5 heteroatoms. The molecule has 0 bridgehead atoms. The normalized spacial score (nSPS) is 16.9. The van der Waals surface area contributed by atoms with Crippen LogP contribution >= 0.6 is 28.3 Å². The van der Waals surface area contributed by atoms with E-state index in [2.05, 4.69) is 50.3 Å². The summed E-state index contributed by atoms with van der Waals surface area (Å²) in [6, 6.07) is 4.84. The Hall–Kier alpha value is -0.160. The van der Waals surface area contributed by atoms with Crippen molar-refractivity contribution < 1.29 is 0 Å². The van der Waals surface area contributed by atoms with Gasteiger partial charge in [0.2, 0.25) is 0 Å². The number of aromatic nitrogens is 1. The SMILES string of the molecule is CN(Cc1ccc(Br)cn1)C1CCNCC1.Cl. The summed E-state index contributed by atoms with van der Waals surface area (Å²) in [6.45, 7) is 3.23. The molecule has 0 aliphatic carbocycles. The molecule has 17 heavy (non-hydrogen) atoms. The van der Waals surface area contributed by atoms with Crippen LogP contribution in [0.4, 0.5) is 0 Å². The van der Waals surface area contributed by atoms with Crippen molar-refractivity contribution in [2.24, 2.45) is 0 Å². The zero-order valence-electron chi connectivity index (χ0n) is 10.0. The summed E-state index contributed by atoms with van der Waals surface area (Å²) in [5.74, 6) is 0. The van der Waals surface area contributed by atoms with Crippen LogP contribution in [0, 0.1) is 0 Å². The minimum absolute atomic E-state index is 0. The van der Waals surface area contributed by atoms with Gasteiger partial charge in [0.1, 0.15) is 0 Å². The summed E-state index contributed by atoms with van der Waals surface area (Å²) in [7, 11) is 2.19. The number of pyridine rings is 1. The molecule has 0 radical (unpaired) electrons. The van der Waals surface area contributed by atoms with E-state index in [0.717, 1.165) is 29.8 Å². The fraction of sp³-hybridized carbons (Fsp3) is 0.583. The van der Waals surface area contributed by atoms with E-state index in [1.807, 2.05) is 6.20 Å². The smallest absolute Gasteiger partial charge is 0.0544 e. The van der Waals surface area contributed by atoms with Gasteiger partial charge in [-0.3, -0.25) is 9.88 Å². The molecule has 1 aliphatic heterocycles. The van der Waals surface area contributed by atoms with Crippen molar-refractivity contribution in [1.82, 2.24) is 15.2 Å². The molecule has 0 spiro atoms. The number of nitrogens with zero attached hydrogens (tertiary/aromatic N) is 2. The third-order valence-corrected chi connectivity index (χ3v) is 3.60. The molecule has 1 aromatic rings. The second-order valence-corrected chi connectivity index (χ2v) is 5.28. The summed E-state index contributed by atoms with van der Waals surface area (Å²) in [4.78, 5) is 6.82. The number of nitrogens with one attached hydrogen (secondary N) is 1. The van der Waals surface area contributed by atoms with Crippen LogP contribution in [0.5, 0.6) is 0 Å². The summed E-state index contributed by atoms with van der Waals surface area (Å²) >= 11 is 3.40. The van der Waals surface area contributed by atoms with Crippen LogP contribution in [0.3, 0.4) is 0 Å². The molecule has 0 amide bonds. The third-order valence-electron chi connectivity index (χ3n) is 3.13. The highest BCUT2D eigenvalue weighted by atomic mass is 79.9. The Morgan fingerprint density at radius 3 is 2.71 bits per heavy atom. The topological polar surface area (TPSA) is 28.2 Å². The maximum atomic E-state index is 4.41. The van der Waals surface area contributed by atoms with Gasteiger partial charge in [-0.05, 0) is 61.0 Å². The number of hydrogen-bond acceptors (Lipinski definition) is 3. The van der Waals surface area contributed by atoms with Crippen molar-refractivity contribution >= 4 is 28.3 Å². The van der Waals surface area contributed by atoms with E-state index in [0.29, 0.717) is 6.04 Å². The molecule has 1 saturated heterocycles. The van der Waals surface area contributed by atoms with Crippen LogP contribution < -0.4 is 5.32 Å². The maximum absolute atomic E-state index is 4.41. The number of piperidine rings is 1. The van der Waals surface area contributed by atoms with Crippen LogP contribution in [0.2, 0.25) is 0 Å². The molecule has 1 aromatic heterocycles. The van der Waals surface area contributed by atoms with Gasteiger partial charge in [0.25, 0.3) is 0 Å². The minimum Gasteiger partial charge on any atom is -0.317 e. The zero-order chi connectivity index (χ0) is 11.4. The van der Waals surface area contributed by atoms with Gasteiger partial charge < -0.3 is 5.32 Å². The number of halogens is 2. The van der Waals surface area contributed by atoms with E-state index in [9.17, 15) is 0 Å². The summed E-state index contributed by atoms with van der Waals surface area (Å²) in [5, 5.41) is 3.39. The molecule has 0 unspecified atom stereocenters. The lowest BCUT2D eigenvalue weighted by atomic mass is 10.1. The van der Waals surface area contributed by atoms with Gasteiger partial charge in [-0.2, -0.15) is 0 Å². The van der Waals surface area contributed by atoms with Crippen LogP contribution in [0.15, 0.2) is 22.8 Å². The van der Waals surface area contributed by atoms with Crippen molar-refractivity contribution in [3.8, 4) is 0 Å². The second kappa shape index (κ2) is 7.31. The van der Waals surface area contributed by atoms with Crippen LogP contribution in [0.1, 0.15) is 18.5 Å². The lowest BCUT2D eigenvalue weighted by Gasteiger charge is -2.31. The Bertz CT molecular complexity index is 325. The first-order valence-corrected chi connectivity index (χ1v) is 6.56. The van der Waals surface area contributed by atoms with E-state index >= 15 is 0 Å². The summed E-state index contributed by atoms with van der Waals surface area (Å²) in [6.07, 6.45) is 4.35. The Morgan fingerprint density at radius 2 is 2.12 bits per heavy atom. The predicted molar refractivity (Wildman–Crippen MR) is 76.5 cm³/mol. The van der Waals surface area contributed by atoms with Crippen molar-refractivity contribution in [1.29, 1.82) is 0 Å². The van der Waals surface area contributed by atoms with Gasteiger partial charge in [-0.15, -0.1) is 12.4 Å². The van der Waals surface area contributed by atoms with Gasteiger partial charge >= 0.3 is 0 Å². The van der Waals surface area contributed by atoms with E-state index in [1.165, 1.54) is 12.8 Å². The van der Waals surface area contributed by atoms with Gasteiger partial charge in [0.05, 0.1) is 5.69 Å². The second-order valence-electron chi connectivity index (χ2n) is 4.36. The van der Waals surface area contributed by atoms with Crippen molar-refractivity contribution in [3.05, 3.63) is 28.5 Å². The Balaban J connectivity index is 0.00000144. The molecular weight excluding hydrogens is 302 g/mol. The Morgan fingerprint density at radius 1 is 1.41 bits per heavy atom. The average molecular weight is 321 g/mol. The minimum atomic E-state index is 0. The fourth-order valence-electron chi connectivity index (χ4n) is 2.13. The first-order chi connectivity index (χ1) is 7.75. The van der Waals surface area contributed by atoms with Crippen LogP contribution in [-0.4, -0.2) is 36.1 Å². The highest BCUT2D eigenvalue weighted by Gasteiger charge is 2.17. The molecular formula is C12H19BrClN3. The average Bonchev–Trinajstić information content (AvgIpc) is 2.33. The summed E-state index contributed by atoms with van der Waals surface area (Å²) in [5.41, 5.74) is 1.14. The third kappa shape index (κ3) is 4.54. The Kier molecular flexibility index (Phi) is 6.41. The molecule has 1 fully saturated rings. The first kappa shape index (κ1) is 14.9. The molecule has 1 N–H and O–H groups in total. The molecule has 0 aromatic carbocycles. The van der Waals surface area contributed by atoms with Crippen molar-refractivity contribution in [2.75, 3.05) is 20.1 Å². The highest BCUT2D eigenvalue weighted by molar-refractivity contribution is 9.10. The standard InChI is InChI=1S/C12H18BrN3.ClH/c1-16(12-4-6-14-7-5-12)9-11-3-2-10(13)8-15-11;/h2-3,8,12,14H,4-7,9H2,1H3;1H. The van der Waals surface area contributed by atoms with Crippen LogP contribution in [-0.2, 0) is 6.54 Å². The van der Waals surface area contributed by atoms with Gasteiger partial charge in [-0.1, -0.05) is 0 Å². The van der Waals surface area contributed by atoms with Gasteiger partial charge in [0.15, 0.2) is 0 Å². The zero-order valence-corrected chi connectivity index (χ0v) is 12.4. The number of rotatable bonds is 3. The number of hydrogen-bond donors (Lipinski definition) is 1. The lowest BCUT2D eigenvalue weighted by Crippen LogP contribution is -2.40. The predicted octanol–water partition coefficient (Wildman–Crippen LogP) is 2.45. The molecule has 96 valence electrons. The molecule has 3 nitrogen and oxygen atoms in total. The van der Waals surface area contributed by atoms with Gasteiger partial charge in [-0.25, -0.2) is 0 Å². The highest BCUT2D eigenvalue weighted by Crippen LogP contribution is 2.14. The van der Waals surface area contributed by atoms with Crippen molar-refractivity contribution in [2.45, 2.75) is 25.4 Å². The molecule has 1 aliphatic rings. The Labute approximate surface area is 118 Å². The molecule has 0 saturated carbocycles. The molecule has 2 rings (SSSR count). The van der Waals surface area contributed by atoms with Crippen molar-refractivity contribution in [3.63, 3.8) is 0 Å². The largest absolute Gasteiger partial charge is 0.317 e. The van der Waals surface area contributed by atoms with E-state index in [1.54, 1.807) is 0 Å². The maximum Gasteiger partial charge on any atom is 0.0544 e. The van der Waals surface area contributed by atoms with E-state index < -0.39 is 0 Å². The fourth-order valence-corrected chi connectivity index (χ4v) is 2.37. The van der Waals surface area contributed by atoms with E-state index in [-0.39, 0.29) is 12.4 Å². The summed E-state index contributed by atoms with van der Waals surface area (Å²) < 4.78 is 1.04. The monoisotopic (exact) mass is 319 g/mol. The quantitative estimate of drug-likeness (QED) is 0.927. The lowest BCUT2D eigenvalue weighted by molar-refractivity contribution is 0.190. The van der Waals surface area contributed by atoms with Crippen LogP contribution in [0.25, 0.3) is 0 Å². The first-order valence-electron chi connectivity index (χ1n) is 5.77. The molecule has 0 atom stereocenters.